The number of aryl methyl sites for hydroxylation is 1. The molecule has 1 nitrogen and oxygen atoms in total. The maximum Gasteiger partial charge on any atom is 0.127 e. The molecule has 2 heteroatoms. The predicted molar refractivity (Wildman–Crippen MR) is 108 cm³/mol. The van der Waals surface area contributed by atoms with Crippen LogP contribution >= 0.6 is 0 Å². The Hall–Kier alpha value is -2.87. The first kappa shape index (κ1) is 17.9. The van der Waals surface area contributed by atoms with Crippen LogP contribution in [0.25, 0.3) is 11.6 Å². The van der Waals surface area contributed by atoms with Crippen LogP contribution in [0.5, 0.6) is 5.75 Å². The summed E-state index contributed by atoms with van der Waals surface area (Å²) in [5.41, 5.74) is 6.67. The summed E-state index contributed by atoms with van der Waals surface area (Å²) in [6.07, 6.45) is 10.0. The zero-order valence-corrected chi connectivity index (χ0v) is 15.3. The van der Waals surface area contributed by atoms with Crippen molar-refractivity contribution < 1.29 is 9.13 Å². The normalized spacial score (nSPS) is 15.9. The summed E-state index contributed by atoms with van der Waals surface area (Å²) in [6.45, 7) is 6.01. The number of ether oxygens (including phenoxy) is 1. The molecule has 0 N–H and O–H groups in total. The fraction of sp³-hybridized carbons (Fsp3) is 0.167. The van der Waals surface area contributed by atoms with Crippen LogP contribution in [0.2, 0.25) is 0 Å². The average molecular weight is 346 g/mol. The molecular weight excluding hydrogens is 323 g/mol. The van der Waals surface area contributed by atoms with E-state index in [1.165, 1.54) is 28.8 Å². The van der Waals surface area contributed by atoms with Crippen molar-refractivity contribution >= 4 is 11.6 Å². The minimum absolute atomic E-state index is 0.307. The van der Waals surface area contributed by atoms with Gasteiger partial charge in [0.05, 0.1) is 7.11 Å². The lowest BCUT2D eigenvalue weighted by Crippen LogP contribution is -1.93. The number of hydrogen-bond acceptors (Lipinski definition) is 1. The number of halogens is 1. The SMILES string of the molecule is C=CC1=C(/C=C\C)/C(=C\c2cc(F)cc(OC)c2)c2ccccc2CC1. The molecule has 1 aliphatic carbocycles. The lowest BCUT2D eigenvalue weighted by atomic mass is 9.91. The van der Waals surface area contributed by atoms with Gasteiger partial charge in [0.15, 0.2) is 0 Å². The highest BCUT2D eigenvalue weighted by Crippen LogP contribution is 2.37. The zero-order valence-electron chi connectivity index (χ0n) is 15.3. The standard InChI is InChI=1S/C24H23FO/c1-4-8-22-18(5-2)11-12-19-9-6-7-10-23(19)24(22)15-17-13-20(25)16-21(14-17)26-3/h4-10,13-16H,2,11-12H2,1,3H3/b8-4-,24-15+. The van der Waals surface area contributed by atoms with Gasteiger partial charge in [0.2, 0.25) is 0 Å². The van der Waals surface area contributed by atoms with Gasteiger partial charge in [-0.25, -0.2) is 4.39 Å². The molecule has 0 unspecified atom stereocenters. The maximum absolute atomic E-state index is 14.0. The number of benzene rings is 2. The average Bonchev–Trinajstić information content (AvgIpc) is 2.79. The molecule has 0 aromatic heterocycles. The van der Waals surface area contributed by atoms with Crippen LogP contribution < -0.4 is 4.74 Å². The van der Waals surface area contributed by atoms with Gasteiger partial charge in [0, 0.05) is 6.07 Å². The third-order valence-electron chi connectivity index (χ3n) is 4.63. The summed E-state index contributed by atoms with van der Waals surface area (Å²) in [7, 11) is 1.55. The number of fused-ring (bicyclic) bond motifs is 1. The minimum Gasteiger partial charge on any atom is -0.497 e. The van der Waals surface area contributed by atoms with Crippen molar-refractivity contribution in [2.45, 2.75) is 19.8 Å². The van der Waals surface area contributed by atoms with Crippen molar-refractivity contribution in [2.75, 3.05) is 7.11 Å². The number of hydrogen-bond donors (Lipinski definition) is 0. The van der Waals surface area contributed by atoms with E-state index in [2.05, 4.69) is 30.9 Å². The van der Waals surface area contributed by atoms with Gasteiger partial charge in [-0.2, -0.15) is 0 Å². The van der Waals surface area contributed by atoms with Crippen molar-refractivity contribution in [1.82, 2.24) is 0 Å². The van der Waals surface area contributed by atoms with Crippen LogP contribution in [-0.4, -0.2) is 7.11 Å². The smallest absolute Gasteiger partial charge is 0.127 e. The number of allylic oxidation sites excluding steroid dienone is 6. The van der Waals surface area contributed by atoms with E-state index in [0.29, 0.717) is 5.75 Å². The summed E-state index contributed by atoms with van der Waals surface area (Å²) >= 11 is 0. The Morgan fingerprint density at radius 2 is 1.92 bits per heavy atom. The van der Waals surface area contributed by atoms with Gasteiger partial charge in [-0.3, -0.25) is 0 Å². The van der Waals surface area contributed by atoms with Crippen LogP contribution in [0.3, 0.4) is 0 Å². The van der Waals surface area contributed by atoms with Crippen LogP contribution in [-0.2, 0) is 6.42 Å². The topological polar surface area (TPSA) is 9.23 Å². The first-order valence-corrected chi connectivity index (χ1v) is 8.79. The van der Waals surface area contributed by atoms with Crippen molar-refractivity contribution in [1.29, 1.82) is 0 Å². The van der Waals surface area contributed by atoms with E-state index in [-0.39, 0.29) is 5.82 Å². The van der Waals surface area contributed by atoms with Gasteiger partial charge in [-0.05, 0) is 71.4 Å². The van der Waals surface area contributed by atoms with Gasteiger partial charge < -0.3 is 4.74 Å². The molecule has 0 saturated heterocycles. The van der Waals surface area contributed by atoms with Crippen molar-refractivity contribution in [3.05, 3.63) is 101 Å². The fourth-order valence-electron chi connectivity index (χ4n) is 3.41. The van der Waals surface area contributed by atoms with Crippen molar-refractivity contribution in [3.8, 4) is 5.75 Å². The number of rotatable bonds is 4. The van der Waals surface area contributed by atoms with Gasteiger partial charge in [-0.15, -0.1) is 0 Å². The zero-order chi connectivity index (χ0) is 18.5. The quantitative estimate of drug-likeness (QED) is 0.624. The second-order valence-corrected chi connectivity index (χ2v) is 6.28. The highest BCUT2D eigenvalue weighted by atomic mass is 19.1. The van der Waals surface area contributed by atoms with Gasteiger partial charge in [-0.1, -0.05) is 49.1 Å². The third-order valence-corrected chi connectivity index (χ3v) is 4.63. The second-order valence-electron chi connectivity index (χ2n) is 6.28. The first-order valence-electron chi connectivity index (χ1n) is 8.79. The van der Waals surface area contributed by atoms with Crippen LogP contribution in [0, 0.1) is 5.82 Å². The van der Waals surface area contributed by atoms with Gasteiger partial charge in [0.25, 0.3) is 0 Å². The molecule has 0 saturated carbocycles. The third kappa shape index (κ3) is 3.70. The molecule has 0 amide bonds. The molecule has 0 aliphatic heterocycles. The Morgan fingerprint density at radius 3 is 2.65 bits per heavy atom. The maximum atomic E-state index is 14.0. The summed E-state index contributed by atoms with van der Waals surface area (Å²) in [4.78, 5) is 0. The summed E-state index contributed by atoms with van der Waals surface area (Å²) < 4.78 is 19.2. The van der Waals surface area contributed by atoms with Crippen LogP contribution in [0.4, 0.5) is 4.39 Å². The Balaban J connectivity index is 2.27. The van der Waals surface area contributed by atoms with Gasteiger partial charge >= 0.3 is 0 Å². The Kier molecular flexibility index (Phi) is 5.52. The molecule has 0 heterocycles. The van der Waals surface area contributed by atoms with E-state index >= 15 is 0 Å². The Labute approximate surface area is 154 Å². The van der Waals surface area contributed by atoms with Crippen LogP contribution in [0.1, 0.15) is 30.0 Å². The van der Waals surface area contributed by atoms with E-state index in [0.717, 1.165) is 29.6 Å². The summed E-state index contributed by atoms with van der Waals surface area (Å²) in [6, 6.07) is 13.2. The van der Waals surface area contributed by atoms with Crippen molar-refractivity contribution in [3.63, 3.8) is 0 Å². The molecule has 3 rings (SSSR count). The van der Waals surface area contributed by atoms with E-state index in [9.17, 15) is 4.39 Å². The van der Waals surface area contributed by atoms with Gasteiger partial charge in [0.1, 0.15) is 11.6 Å². The highest BCUT2D eigenvalue weighted by molar-refractivity contribution is 5.95. The van der Waals surface area contributed by atoms with Crippen LogP contribution in [0.15, 0.2) is 78.4 Å². The lowest BCUT2D eigenvalue weighted by Gasteiger charge is -2.13. The molecule has 0 bridgehead atoms. The largest absolute Gasteiger partial charge is 0.497 e. The molecule has 2 aromatic carbocycles. The minimum atomic E-state index is -0.307. The summed E-state index contributed by atoms with van der Waals surface area (Å²) in [5.74, 6) is 0.206. The van der Waals surface area contributed by atoms with E-state index < -0.39 is 0 Å². The molecule has 2 aromatic rings. The lowest BCUT2D eigenvalue weighted by molar-refractivity contribution is 0.411. The molecular formula is C24H23FO. The fourth-order valence-corrected chi connectivity index (χ4v) is 3.41. The summed E-state index contributed by atoms with van der Waals surface area (Å²) in [5, 5.41) is 0. The molecule has 1 aliphatic rings. The monoisotopic (exact) mass is 346 g/mol. The molecule has 0 atom stereocenters. The molecule has 0 radical (unpaired) electrons. The van der Waals surface area contributed by atoms with E-state index in [4.69, 9.17) is 4.74 Å². The molecule has 132 valence electrons. The van der Waals surface area contributed by atoms with Crippen molar-refractivity contribution in [2.24, 2.45) is 0 Å². The highest BCUT2D eigenvalue weighted by Gasteiger charge is 2.18. The number of methoxy groups -OCH3 is 1. The molecule has 0 spiro atoms. The Morgan fingerprint density at radius 1 is 1.12 bits per heavy atom. The van der Waals surface area contributed by atoms with E-state index in [1.54, 1.807) is 7.11 Å². The van der Waals surface area contributed by atoms with E-state index in [1.807, 2.05) is 37.3 Å². The second kappa shape index (κ2) is 8.01. The molecule has 0 fully saturated rings. The molecule has 26 heavy (non-hydrogen) atoms. The first-order chi connectivity index (χ1) is 12.7. The Bertz CT molecular complexity index is 916. The predicted octanol–water partition coefficient (Wildman–Crippen LogP) is 6.38.